The molecule has 0 atom stereocenters. The number of urea groups is 1. The van der Waals surface area contributed by atoms with Gasteiger partial charge in [-0.2, -0.15) is 5.10 Å². The third-order valence-electron chi connectivity index (χ3n) is 6.65. The minimum Gasteiger partial charge on any atom is -0.497 e. The molecular weight excluding hydrogens is 492 g/mol. The van der Waals surface area contributed by atoms with E-state index in [-0.39, 0.29) is 6.03 Å². The standard InChI is InChI=1S/C30H36N6O3/c1-6-35(2)17-18-36(3)24-13-9-22(10-14-24)28-20-27(33-34-28)21-7-11-23(12-8-21)31-30(37)32-26-16-15-25(38-4)19-29(26)39-5/h7-16,19-20H,6,17-18H2,1-5H3,(H,33,34)(H2,31,32,37). The van der Waals surface area contributed by atoms with Gasteiger partial charge >= 0.3 is 6.03 Å². The predicted molar refractivity (Wildman–Crippen MR) is 158 cm³/mol. The van der Waals surface area contributed by atoms with Crippen LogP contribution in [0.2, 0.25) is 0 Å². The lowest BCUT2D eigenvalue weighted by atomic mass is 10.1. The minimum absolute atomic E-state index is 0.374. The highest BCUT2D eigenvalue weighted by Gasteiger charge is 2.11. The Labute approximate surface area is 229 Å². The summed E-state index contributed by atoms with van der Waals surface area (Å²) in [5.74, 6) is 1.15. The normalized spacial score (nSPS) is 10.8. The topological polar surface area (TPSA) is 94.8 Å². The fraction of sp³-hybridized carbons (Fsp3) is 0.267. The number of nitrogens with zero attached hydrogens (tertiary/aromatic N) is 3. The van der Waals surface area contributed by atoms with Crippen LogP contribution in [0.4, 0.5) is 21.9 Å². The van der Waals surface area contributed by atoms with Crippen LogP contribution in [0, 0.1) is 0 Å². The Morgan fingerprint density at radius 1 is 0.872 bits per heavy atom. The molecule has 0 aliphatic heterocycles. The lowest BCUT2D eigenvalue weighted by molar-refractivity contribution is 0.262. The summed E-state index contributed by atoms with van der Waals surface area (Å²) in [7, 11) is 7.37. The molecule has 0 radical (unpaired) electrons. The van der Waals surface area contributed by atoms with Gasteiger partial charge in [0.2, 0.25) is 0 Å². The Hall–Kier alpha value is -4.50. The monoisotopic (exact) mass is 528 g/mol. The van der Waals surface area contributed by atoms with Gasteiger partial charge in [-0.3, -0.25) is 5.10 Å². The van der Waals surface area contributed by atoms with Gasteiger partial charge < -0.3 is 29.9 Å². The quantitative estimate of drug-likeness (QED) is 0.228. The number of likely N-dealkylation sites (N-methyl/N-ethyl adjacent to an activating group) is 2. The number of anilines is 3. The summed E-state index contributed by atoms with van der Waals surface area (Å²) in [6.45, 7) is 5.20. The first kappa shape index (κ1) is 27.5. The average molecular weight is 529 g/mol. The molecule has 0 fully saturated rings. The molecule has 4 rings (SSSR count). The molecule has 9 heteroatoms. The van der Waals surface area contributed by atoms with Gasteiger partial charge in [0.1, 0.15) is 11.5 Å². The second-order valence-corrected chi connectivity index (χ2v) is 9.25. The van der Waals surface area contributed by atoms with E-state index in [1.807, 2.05) is 30.3 Å². The number of hydrogen-bond donors (Lipinski definition) is 3. The molecule has 1 aromatic heterocycles. The second-order valence-electron chi connectivity index (χ2n) is 9.25. The number of rotatable bonds is 11. The van der Waals surface area contributed by atoms with Crippen molar-refractivity contribution in [3.63, 3.8) is 0 Å². The van der Waals surface area contributed by atoms with E-state index in [0.717, 1.165) is 42.1 Å². The number of amides is 2. The molecule has 3 N–H and O–H groups in total. The maximum Gasteiger partial charge on any atom is 0.323 e. The number of methoxy groups -OCH3 is 2. The van der Waals surface area contributed by atoms with E-state index in [9.17, 15) is 4.79 Å². The van der Waals surface area contributed by atoms with Crippen LogP contribution in [0.3, 0.4) is 0 Å². The molecule has 9 nitrogen and oxygen atoms in total. The van der Waals surface area contributed by atoms with E-state index in [1.165, 1.54) is 5.69 Å². The largest absolute Gasteiger partial charge is 0.497 e. The molecule has 0 unspecified atom stereocenters. The number of ether oxygens (including phenoxy) is 2. The molecule has 0 saturated carbocycles. The maximum absolute atomic E-state index is 12.5. The highest BCUT2D eigenvalue weighted by atomic mass is 16.5. The summed E-state index contributed by atoms with van der Waals surface area (Å²) in [5.41, 5.74) is 6.16. The van der Waals surface area contributed by atoms with Gasteiger partial charge in [-0.25, -0.2) is 4.79 Å². The SMILES string of the molecule is CCN(C)CCN(C)c1ccc(-c2cc(-c3ccc(NC(=O)Nc4ccc(OC)cc4OC)cc3)[nH]n2)cc1. The Morgan fingerprint density at radius 2 is 1.59 bits per heavy atom. The number of H-pyrrole nitrogens is 1. The smallest absolute Gasteiger partial charge is 0.323 e. The first-order valence-electron chi connectivity index (χ1n) is 12.9. The number of nitrogens with one attached hydrogen (secondary N) is 3. The minimum atomic E-state index is -0.374. The molecule has 0 saturated heterocycles. The van der Waals surface area contributed by atoms with Crippen molar-refractivity contribution in [2.24, 2.45) is 0 Å². The number of benzene rings is 3. The summed E-state index contributed by atoms with van der Waals surface area (Å²) in [5, 5.41) is 13.3. The number of carbonyl (C=O) groups is 1. The number of hydrogen-bond acceptors (Lipinski definition) is 6. The molecule has 39 heavy (non-hydrogen) atoms. The third-order valence-corrected chi connectivity index (χ3v) is 6.65. The molecule has 0 spiro atoms. The fourth-order valence-corrected chi connectivity index (χ4v) is 4.03. The second kappa shape index (κ2) is 12.8. The lowest BCUT2D eigenvalue weighted by Gasteiger charge is -2.23. The van der Waals surface area contributed by atoms with Crippen LogP contribution in [0.1, 0.15) is 6.92 Å². The van der Waals surface area contributed by atoms with Crippen molar-refractivity contribution in [2.75, 3.05) is 63.5 Å². The van der Waals surface area contributed by atoms with E-state index >= 15 is 0 Å². The molecule has 3 aromatic carbocycles. The van der Waals surface area contributed by atoms with Crippen molar-refractivity contribution < 1.29 is 14.3 Å². The van der Waals surface area contributed by atoms with Crippen molar-refractivity contribution in [3.05, 3.63) is 72.8 Å². The van der Waals surface area contributed by atoms with Crippen molar-refractivity contribution in [2.45, 2.75) is 6.92 Å². The number of aromatic nitrogens is 2. The molecule has 204 valence electrons. The van der Waals surface area contributed by atoms with Crippen molar-refractivity contribution in [1.82, 2.24) is 15.1 Å². The lowest BCUT2D eigenvalue weighted by Crippen LogP contribution is -2.30. The van der Waals surface area contributed by atoms with Crippen molar-refractivity contribution >= 4 is 23.1 Å². The molecule has 2 amide bonds. The van der Waals surface area contributed by atoms with Gasteiger partial charge in [-0.15, -0.1) is 0 Å². The van der Waals surface area contributed by atoms with Crippen LogP contribution >= 0.6 is 0 Å². The van der Waals surface area contributed by atoms with Gasteiger partial charge in [-0.1, -0.05) is 31.2 Å². The predicted octanol–water partition coefficient (Wildman–Crippen LogP) is 5.79. The van der Waals surface area contributed by atoms with Gasteiger partial charge in [0.25, 0.3) is 0 Å². The van der Waals surface area contributed by atoms with Crippen LogP contribution in [0.5, 0.6) is 11.5 Å². The van der Waals surface area contributed by atoms with Crippen LogP contribution in [-0.2, 0) is 0 Å². The zero-order valence-corrected chi connectivity index (χ0v) is 23.1. The first-order chi connectivity index (χ1) is 18.9. The van der Waals surface area contributed by atoms with Crippen molar-refractivity contribution in [1.29, 1.82) is 0 Å². The average Bonchev–Trinajstić information content (AvgIpc) is 3.46. The first-order valence-corrected chi connectivity index (χ1v) is 12.9. The summed E-state index contributed by atoms with van der Waals surface area (Å²) < 4.78 is 10.5. The summed E-state index contributed by atoms with van der Waals surface area (Å²) in [6.07, 6.45) is 0. The Bertz CT molecular complexity index is 1370. The molecule has 0 aliphatic rings. The Morgan fingerprint density at radius 3 is 2.26 bits per heavy atom. The van der Waals surface area contributed by atoms with E-state index < -0.39 is 0 Å². The van der Waals surface area contributed by atoms with Crippen LogP contribution in [0.15, 0.2) is 72.8 Å². The van der Waals surface area contributed by atoms with E-state index in [4.69, 9.17) is 9.47 Å². The van der Waals surface area contributed by atoms with Gasteiger partial charge in [0, 0.05) is 43.1 Å². The van der Waals surface area contributed by atoms with Gasteiger partial charge in [0.05, 0.1) is 31.3 Å². The van der Waals surface area contributed by atoms with Crippen LogP contribution < -0.4 is 25.0 Å². The van der Waals surface area contributed by atoms with Crippen molar-refractivity contribution in [3.8, 4) is 34.0 Å². The van der Waals surface area contributed by atoms with E-state index in [0.29, 0.717) is 22.9 Å². The summed E-state index contributed by atoms with van der Waals surface area (Å²) in [4.78, 5) is 17.1. The number of carbonyl (C=O) groups excluding carboxylic acids is 1. The molecule has 4 aromatic rings. The summed E-state index contributed by atoms with van der Waals surface area (Å²) in [6, 6.07) is 22.9. The molecule has 0 aliphatic carbocycles. The fourth-order valence-electron chi connectivity index (χ4n) is 4.03. The van der Waals surface area contributed by atoms with E-state index in [1.54, 1.807) is 32.4 Å². The number of aromatic amines is 1. The zero-order chi connectivity index (χ0) is 27.8. The summed E-state index contributed by atoms with van der Waals surface area (Å²) >= 11 is 0. The maximum atomic E-state index is 12.5. The Kier molecular flexibility index (Phi) is 9.06. The molecular formula is C30H36N6O3. The molecule has 0 bridgehead atoms. The zero-order valence-electron chi connectivity index (χ0n) is 23.1. The molecule has 1 heterocycles. The highest BCUT2D eigenvalue weighted by Crippen LogP contribution is 2.30. The third kappa shape index (κ3) is 7.08. The highest BCUT2D eigenvalue weighted by molar-refractivity contribution is 6.00. The van der Waals surface area contributed by atoms with Gasteiger partial charge in [-0.05, 0) is 61.6 Å². The Balaban J connectivity index is 1.36. The van der Waals surface area contributed by atoms with E-state index in [2.05, 4.69) is 75.9 Å². The van der Waals surface area contributed by atoms with Crippen LogP contribution in [-0.4, -0.2) is 69.1 Å². The van der Waals surface area contributed by atoms with Gasteiger partial charge in [0.15, 0.2) is 0 Å². The van der Waals surface area contributed by atoms with Crippen LogP contribution in [0.25, 0.3) is 22.5 Å².